The first-order valence-corrected chi connectivity index (χ1v) is 8.10. The molecule has 0 spiro atoms. The average Bonchev–Trinajstić information content (AvgIpc) is 2.55. The number of rotatable bonds is 5. The SMILES string of the molecule is CCSCCCN1C(=O)C(C)NCc2ccccc21. The van der Waals surface area contributed by atoms with Crippen molar-refractivity contribution in [2.45, 2.75) is 32.9 Å². The van der Waals surface area contributed by atoms with Crippen molar-refractivity contribution in [3.05, 3.63) is 29.8 Å². The van der Waals surface area contributed by atoms with Gasteiger partial charge in [0.1, 0.15) is 0 Å². The first-order chi connectivity index (χ1) is 9.24. The van der Waals surface area contributed by atoms with Crippen molar-refractivity contribution < 1.29 is 4.79 Å². The fourth-order valence-electron chi connectivity index (χ4n) is 2.33. The van der Waals surface area contributed by atoms with Crippen LogP contribution in [0.3, 0.4) is 0 Å². The van der Waals surface area contributed by atoms with Gasteiger partial charge in [-0.15, -0.1) is 0 Å². The summed E-state index contributed by atoms with van der Waals surface area (Å²) >= 11 is 1.93. The summed E-state index contributed by atoms with van der Waals surface area (Å²) in [5.74, 6) is 2.44. The van der Waals surface area contributed by atoms with Crippen LogP contribution in [0.2, 0.25) is 0 Å². The minimum Gasteiger partial charge on any atom is -0.311 e. The maximum Gasteiger partial charge on any atom is 0.243 e. The van der Waals surface area contributed by atoms with Crippen molar-refractivity contribution in [2.75, 3.05) is 23.0 Å². The Hall–Kier alpha value is -1.00. The van der Waals surface area contributed by atoms with E-state index in [4.69, 9.17) is 0 Å². The van der Waals surface area contributed by atoms with Crippen molar-refractivity contribution in [1.82, 2.24) is 5.32 Å². The number of fused-ring (bicyclic) bond motifs is 1. The molecule has 0 aliphatic carbocycles. The van der Waals surface area contributed by atoms with E-state index in [1.807, 2.05) is 35.7 Å². The largest absolute Gasteiger partial charge is 0.311 e. The fraction of sp³-hybridized carbons (Fsp3) is 0.533. The van der Waals surface area contributed by atoms with Gasteiger partial charge in [-0.25, -0.2) is 0 Å². The topological polar surface area (TPSA) is 32.3 Å². The Bertz CT molecular complexity index is 436. The third-order valence-corrected chi connectivity index (χ3v) is 4.38. The summed E-state index contributed by atoms with van der Waals surface area (Å²) in [7, 11) is 0. The summed E-state index contributed by atoms with van der Waals surface area (Å²) in [6.07, 6.45) is 1.05. The van der Waals surface area contributed by atoms with Crippen LogP contribution < -0.4 is 10.2 Å². The zero-order valence-electron chi connectivity index (χ0n) is 11.7. The first kappa shape index (κ1) is 14.4. The van der Waals surface area contributed by atoms with E-state index in [2.05, 4.69) is 24.4 Å². The molecule has 19 heavy (non-hydrogen) atoms. The molecule has 1 amide bonds. The minimum absolute atomic E-state index is 0.105. The minimum atomic E-state index is -0.105. The van der Waals surface area contributed by atoms with E-state index < -0.39 is 0 Å². The first-order valence-electron chi connectivity index (χ1n) is 6.94. The third kappa shape index (κ3) is 3.51. The lowest BCUT2D eigenvalue weighted by Crippen LogP contribution is -2.42. The molecule has 0 bridgehead atoms. The number of nitrogens with zero attached hydrogens (tertiary/aromatic N) is 1. The number of amides is 1. The molecule has 0 saturated heterocycles. The Morgan fingerprint density at radius 3 is 3.00 bits per heavy atom. The summed E-state index contributed by atoms with van der Waals surface area (Å²) in [5.41, 5.74) is 2.29. The van der Waals surface area contributed by atoms with Crippen LogP contribution in [-0.4, -0.2) is 30.0 Å². The standard InChI is InChI=1S/C15H22N2OS/c1-3-19-10-6-9-17-14-8-5-4-7-13(14)11-16-12(2)15(17)18/h4-5,7-8,12,16H,3,6,9-11H2,1-2H3. The molecule has 1 unspecified atom stereocenters. The van der Waals surface area contributed by atoms with E-state index in [0.29, 0.717) is 0 Å². The zero-order valence-corrected chi connectivity index (χ0v) is 12.5. The summed E-state index contributed by atoms with van der Waals surface area (Å²) in [6.45, 7) is 5.70. The van der Waals surface area contributed by atoms with Gasteiger partial charge >= 0.3 is 0 Å². The van der Waals surface area contributed by atoms with E-state index in [1.54, 1.807) is 0 Å². The van der Waals surface area contributed by atoms with Crippen LogP contribution in [-0.2, 0) is 11.3 Å². The van der Waals surface area contributed by atoms with Gasteiger partial charge in [-0.05, 0) is 36.5 Å². The molecule has 3 nitrogen and oxygen atoms in total. The van der Waals surface area contributed by atoms with Crippen LogP contribution in [0.1, 0.15) is 25.8 Å². The second kappa shape index (κ2) is 6.96. The highest BCUT2D eigenvalue weighted by Crippen LogP contribution is 2.24. The van der Waals surface area contributed by atoms with Crippen molar-refractivity contribution in [3.63, 3.8) is 0 Å². The van der Waals surface area contributed by atoms with E-state index in [9.17, 15) is 4.79 Å². The van der Waals surface area contributed by atoms with Gasteiger partial charge in [0, 0.05) is 18.8 Å². The highest BCUT2D eigenvalue weighted by molar-refractivity contribution is 7.99. The maximum atomic E-state index is 12.4. The van der Waals surface area contributed by atoms with Gasteiger partial charge in [0.25, 0.3) is 0 Å². The quantitative estimate of drug-likeness (QED) is 0.840. The number of benzene rings is 1. The predicted octanol–water partition coefficient (Wildman–Crippen LogP) is 2.65. The highest BCUT2D eigenvalue weighted by atomic mass is 32.2. The second-order valence-electron chi connectivity index (χ2n) is 4.77. The molecule has 2 rings (SSSR count). The van der Waals surface area contributed by atoms with Gasteiger partial charge in [-0.3, -0.25) is 4.79 Å². The number of carbonyl (C=O) groups is 1. The van der Waals surface area contributed by atoms with Crippen LogP contribution in [0.25, 0.3) is 0 Å². The Labute approximate surface area is 119 Å². The second-order valence-corrected chi connectivity index (χ2v) is 6.17. The molecule has 0 saturated carbocycles. The van der Waals surface area contributed by atoms with Gasteiger partial charge in [0.2, 0.25) is 5.91 Å². The number of carbonyl (C=O) groups excluding carboxylic acids is 1. The monoisotopic (exact) mass is 278 g/mol. The summed E-state index contributed by atoms with van der Waals surface area (Å²) in [6, 6.07) is 8.09. The molecule has 1 atom stereocenters. The van der Waals surface area contributed by atoms with Crippen molar-refractivity contribution in [1.29, 1.82) is 0 Å². The van der Waals surface area contributed by atoms with Crippen LogP contribution in [0, 0.1) is 0 Å². The van der Waals surface area contributed by atoms with Crippen molar-refractivity contribution in [2.24, 2.45) is 0 Å². The zero-order chi connectivity index (χ0) is 13.7. The molecule has 1 aliphatic heterocycles. The predicted molar refractivity (Wildman–Crippen MR) is 82.7 cm³/mol. The van der Waals surface area contributed by atoms with Gasteiger partial charge in [0.05, 0.1) is 6.04 Å². The van der Waals surface area contributed by atoms with Gasteiger partial charge < -0.3 is 10.2 Å². The molecule has 1 aromatic carbocycles. The molecule has 0 aromatic heterocycles. The lowest BCUT2D eigenvalue weighted by atomic mass is 10.1. The molecule has 1 aromatic rings. The maximum absolute atomic E-state index is 12.4. The molecule has 1 aliphatic rings. The Morgan fingerprint density at radius 1 is 1.42 bits per heavy atom. The Morgan fingerprint density at radius 2 is 2.21 bits per heavy atom. The molecule has 4 heteroatoms. The van der Waals surface area contributed by atoms with E-state index in [1.165, 1.54) is 5.56 Å². The molecular formula is C15H22N2OS. The molecule has 1 heterocycles. The lowest BCUT2D eigenvalue weighted by Gasteiger charge is -2.24. The number of thioether (sulfide) groups is 1. The molecule has 104 valence electrons. The smallest absolute Gasteiger partial charge is 0.243 e. The number of hydrogen-bond donors (Lipinski definition) is 1. The van der Waals surface area contributed by atoms with E-state index >= 15 is 0 Å². The summed E-state index contributed by atoms with van der Waals surface area (Å²) in [4.78, 5) is 14.4. The third-order valence-electron chi connectivity index (χ3n) is 3.39. The fourth-order valence-corrected chi connectivity index (χ4v) is 2.95. The van der Waals surface area contributed by atoms with Crippen molar-refractivity contribution in [3.8, 4) is 0 Å². The molecule has 0 radical (unpaired) electrons. The number of hydrogen-bond acceptors (Lipinski definition) is 3. The average molecular weight is 278 g/mol. The van der Waals surface area contributed by atoms with Gasteiger partial charge in [-0.2, -0.15) is 11.8 Å². The van der Waals surface area contributed by atoms with Crippen LogP contribution in [0.5, 0.6) is 0 Å². The Kier molecular flexibility index (Phi) is 5.28. The molecular weight excluding hydrogens is 256 g/mol. The highest BCUT2D eigenvalue weighted by Gasteiger charge is 2.26. The summed E-state index contributed by atoms with van der Waals surface area (Å²) in [5, 5.41) is 3.29. The van der Waals surface area contributed by atoms with Crippen molar-refractivity contribution >= 4 is 23.4 Å². The Balaban J connectivity index is 2.14. The lowest BCUT2D eigenvalue weighted by molar-refractivity contribution is -0.120. The normalized spacial score (nSPS) is 19.2. The van der Waals surface area contributed by atoms with E-state index in [0.717, 1.165) is 36.7 Å². The molecule has 0 fully saturated rings. The number of nitrogens with one attached hydrogen (secondary N) is 1. The van der Waals surface area contributed by atoms with Crippen LogP contribution in [0.4, 0.5) is 5.69 Å². The summed E-state index contributed by atoms with van der Waals surface area (Å²) < 4.78 is 0. The van der Waals surface area contributed by atoms with Crippen LogP contribution in [0.15, 0.2) is 24.3 Å². The number of para-hydroxylation sites is 1. The van der Waals surface area contributed by atoms with Crippen LogP contribution >= 0.6 is 11.8 Å². The van der Waals surface area contributed by atoms with E-state index in [-0.39, 0.29) is 11.9 Å². The van der Waals surface area contributed by atoms with Gasteiger partial charge in [0.15, 0.2) is 0 Å². The molecule has 1 N–H and O–H groups in total. The number of anilines is 1. The van der Waals surface area contributed by atoms with Gasteiger partial charge in [-0.1, -0.05) is 25.1 Å².